The molecule has 1 amide bonds. The second kappa shape index (κ2) is 4.47. The summed E-state index contributed by atoms with van der Waals surface area (Å²) in [6, 6.07) is 0. The van der Waals surface area contributed by atoms with Gasteiger partial charge in [0.05, 0.1) is 17.4 Å². The molecule has 2 aliphatic carbocycles. The standard InChI is InChI=1S/C14H21NO4/c1-2-19-11-6-10(11)12(16)15-7-9-4-3-5-14(9,8-15)13(17)18/h9-11H,2-8H2,1H3,(H,17,18)/t9-,10?,11?,14+/m0/s1. The number of ether oxygens (including phenoxy) is 1. The molecule has 5 heteroatoms. The second-order valence-electron chi connectivity index (χ2n) is 6.11. The molecule has 2 unspecified atom stereocenters. The van der Waals surface area contributed by atoms with Crippen LogP contribution in [0.15, 0.2) is 0 Å². The largest absolute Gasteiger partial charge is 0.481 e. The smallest absolute Gasteiger partial charge is 0.311 e. The first-order valence-electron chi connectivity index (χ1n) is 7.22. The molecule has 4 atom stereocenters. The highest BCUT2D eigenvalue weighted by molar-refractivity contribution is 5.85. The Morgan fingerprint density at radius 1 is 1.47 bits per heavy atom. The number of rotatable bonds is 4. The lowest BCUT2D eigenvalue weighted by Crippen LogP contribution is -2.38. The number of amides is 1. The molecule has 0 aromatic rings. The van der Waals surface area contributed by atoms with Gasteiger partial charge in [-0.15, -0.1) is 0 Å². The minimum atomic E-state index is -0.720. The topological polar surface area (TPSA) is 66.8 Å². The van der Waals surface area contributed by atoms with Crippen molar-refractivity contribution in [3.05, 3.63) is 0 Å². The van der Waals surface area contributed by atoms with Crippen LogP contribution in [0.4, 0.5) is 0 Å². The van der Waals surface area contributed by atoms with E-state index in [-0.39, 0.29) is 23.8 Å². The zero-order chi connectivity index (χ0) is 13.6. The molecule has 5 nitrogen and oxygen atoms in total. The fourth-order valence-electron chi connectivity index (χ4n) is 3.87. The van der Waals surface area contributed by atoms with Crippen molar-refractivity contribution in [2.24, 2.45) is 17.3 Å². The van der Waals surface area contributed by atoms with E-state index >= 15 is 0 Å². The van der Waals surface area contributed by atoms with Crippen molar-refractivity contribution in [1.29, 1.82) is 0 Å². The average molecular weight is 267 g/mol. The zero-order valence-electron chi connectivity index (χ0n) is 11.3. The molecule has 0 bridgehead atoms. The molecule has 3 aliphatic rings. The Kier molecular flexibility index (Phi) is 3.04. The van der Waals surface area contributed by atoms with Gasteiger partial charge in [0.2, 0.25) is 5.91 Å². The third-order valence-corrected chi connectivity index (χ3v) is 5.04. The highest BCUT2D eigenvalue weighted by Crippen LogP contribution is 2.50. The van der Waals surface area contributed by atoms with Crippen LogP contribution in [-0.4, -0.2) is 47.7 Å². The van der Waals surface area contributed by atoms with E-state index in [1.54, 1.807) is 4.90 Å². The van der Waals surface area contributed by atoms with Gasteiger partial charge in [0.15, 0.2) is 0 Å². The van der Waals surface area contributed by atoms with Crippen molar-refractivity contribution in [3.8, 4) is 0 Å². The van der Waals surface area contributed by atoms with Crippen molar-refractivity contribution in [2.45, 2.75) is 38.7 Å². The quantitative estimate of drug-likeness (QED) is 0.829. The number of hydrogen-bond donors (Lipinski definition) is 1. The number of hydrogen-bond acceptors (Lipinski definition) is 3. The molecule has 0 aromatic heterocycles. The summed E-state index contributed by atoms with van der Waals surface area (Å²) in [7, 11) is 0. The second-order valence-corrected chi connectivity index (χ2v) is 6.11. The Bertz CT molecular complexity index is 410. The molecule has 1 heterocycles. The Hall–Kier alpha value is -1.10. The maximum Gasteiger partial charge on any atom is 0.311 e. The van der Waals surface area contributed by atoms with Gasteiger partial charge in [-0.1, -0.05) is 6.42 Å². The molecule has 2 saturated carbocycles. The van der Waals surface area contributed by atoms with Crippen molar-refractivity contribution in [1.82, 2.24) is 4.90 Å². The van der Waals surface area contributed by atoms with Crippen molar-refractivity contribution in [3.63, 3.8) is 0 Å². The van der Waals surface area contributed by atoms with Crippen molar-refractivity contribution in [2.75, 3.05) is 19.7 Å². The molecule has 19 heavy (non-hydrogen) atoms. The molecule has 3 fully saturated rings. The van der Waals surface area contributed by atoms with E-state index in [2.05, 4.69) is 0 Å². The zero-order valence-corrected chi connectivity index (χ0v) is 11.3. The van der Waals surface area contributed by atoms with Crippen LogP contribution >= 0.6 is 0 Å². The van der Waals surface area contributed by atoms with E-state index in [0.717, 1.165) is 25.7 Å². The molecular formula is C14H21NO4. The fraction of sp³-hybridized carbons (Fsp3) is 0.857. The molecule has 0 radical (unpaired) electrons. The summed E-state index contributed by atoms with van der Waals surface area (Å²) >= 11 is 0. The summed E-state index contributed by atoms with van der Waals surface area (Å²) in [4.78, 5) is 25.7. The Balaban J connectivity index is 1.66. The lowest BCUT2D eigenvalue weighted by Gasteiger charge is -2.23. The van der Waals surface area contributed by atoms with Gasteiger partial charge in [0.25, 0.3) is 0 Å². The molecule has 106 valence electrons. The molecule has 1 N–H and O–H groups in total. The van der Waals surface area contributed by atoms with E-state index in [4.69, 9.17) is 4.74 Å². The normalized spacial score (nSPS) is 40.3. The number of carbonyl (C=O) groups is 2. The van der Waals surface area contributed by atoms with Crippen LogP contribution in [0.3, 0.4) is 0 Å². The minimum absolute atomic E-state index is 0.0235. The van der Waals surface area contributed by atoms with Gasteiger partial charge in [-0.25, -0.2) is 0 Å². The molecule has 1 saturated heterocycles. The van der Waals surface area contributed by atoms with Crippen LogP contribution in [0.2, 0.25) is 0 Å². The van der Waals surface area contributed by atoms with E-state index < -0.39 is 11.4 Å². The minimum Gasteiger partial charge on any atom is -0.481 e. The lowest BCUT2D eigenvalue weighted by molar-refractivity contribution is -0.149. The number of fused-ring (bicyclic) bond motifs is 1. The SMILES string of the molecule is CCOC1CC1C(=O)N1C[C@@H]2CCC[C@@]2(C(=O)O)C1. The fourth-order valence-corrected chi connectivity index (χ4v) is 3.87. The summed E-state index contributed by atoms with van der Waals surface area (Å²) < 4.78 is 5.45. The van der Waals surface area contributed by atoms with E-state index in [0.29, 0.717) is 19.7 Å². The number of likely N-dealkylation sites (tertiary alicyclic amines) is 1. The summed E-state index contributed by atoms with van der Waals surface area (Å²) in [5.41, 5.74) is -0.661. The van der Waals surface area contributed by atoms with E-state index in [9.17, 15) is 14.7 Å². The Labute approximate surface area is 112 Å². The van der Waals surface area contributed by atoms with Crippen molar-refractivity contribution < 1.29 is 19.4 Å². The molecule has 1 aliphatic heterocycles. The van der Waals surface area contributed by atoms with Gasteiger partial charge < -0.3 is 14.7 Å². The third-order valence-electron chi connectivity index (χ3n) is 5.04. The van der Waals surface area contributed by atoms with Gasteiger partial charge in [-0.05, 0) is 32.1 Å². The van der Waals surface area contributed by atoms with Gasteiger partial charge in [0.1, 0.15) is 0 Å². The third kappa shape index (κ3) is 1.95. The van der Waals surface area contributed by atoms with Gasteiger partial charge in [-0.2, -0.15) is 0 Å². The predicted molar refractivity (Wildman–Crippen MR) is 67.5 cm³/mol. The van der Waals surface area contributed by atoms with Crippen LogP contribution in [0.25, 0.3) is 0 Å². The summed E-state index contributed by atoms with van der Waals surface area (Å²) in [6.45, 7) is 3.59. The molecule has 3 rings (SSSR count). The lowest BCUT2D eigenvalue weighted by atomic mass is 9.81. The van der Waals surface area contributed by atoms with Crippen LogP contribution in [0, 0.1) is 17.3 Å². The monoisotopic (exact) mass is 267 g/mol. The van der Waals surface area contributed by atoms with Crippen LogP contribution < -0.4 is 0 Å². The summed E-state index contributed by atoms with van der Waals surface area (Å²) in [6.07, 6.45) is 3.50. The van der Waals surface area contributed by atoms with E-state index in [1.807, 2.05) is 6.92 Å². The van der Waals surface area contributed by atoms with Gasteiger partial charge in [-0.3, -0.25) is 9.59 Å². The first kappa shape index (κ1) is 12.9. The van der Waals surface area contributed by atoms with Crippen LogP contribution in [0.5, 0.6) is 0 Å². The first-order valence-corrected chi connectivity index (χ1v) is 7.22. The molecule has 0 spiro atoms. The summed E-state index contributed by atoms with van der Waals surface area (Å²) in [5, 5.41) is 9.50. The molecular weight excluding hydrogens is 246 g/mol. The predicted octanol–water partition coefficient (Wildman–Crippen LogP) is 1.12. The van der Waals surface area contributed by atoms with Crippen molar-refractivity contribution >= 4 is 11.9 Å². The van der Waals surface area contributed by atoms with Crippen LogP contribution in [0.1, 0.15) is 32.6 Å². The number of carboxylic acid groups (broad SMARTS) is 1. The maximum absolute atomic E-state index is 12.3. The number of carboxylic acids is 1. The number of carbonyl (C=O) groups excluding carboxylic acids is 1. The van der Waals surface area contributed by atoms with Gasteiger partial charge in [0, 0.05) is 19.7 Å². The van der Waals surface area contributed by atoms with Gasteiger partial charge >= 0.3 is 5.97 Å². The molecule has 0 aromatic carbocycles. The Morgan fingerprint density at radius 2 is 2.26 bits per heavy atom. The highest BCUT2D eigenvalue weighted by Gasteiger charge is 2.57. The van der Waals surface area contributed by atoms with E-state index in [1.165, 1.54) is 0 Å². The highest BCUT2D eigenvalue weighted by atomic mass is 16.5. The Morgan fingerprint density at radius 3 is 2.89 bits per heavy atom. The number of nitrogens with zero attached hydrogens (tertiary/aromatic N) is 1. The van der Waals surface area contributed by atoms with Crippen LogP contribution in [-0.2, 0) is 14.3 Å². The first-order chi connectivity index (χ1) is 9.08. The number of aliphatic carboxylic acids is 1. The average Bonchev–Trinajstić information content (AvgIpc) is 2.84. The maximum atomic E-state index is 12.3. The summed E-state index contributed by atoms with van der Waals surface area (Å²) in [5.74, 6) is -0.487.